The van der Waals surface area contributed by atoms with Gasteiger partial charge in [0.1, 0.15) is 11.6 Å². The Hall–Kier alpha value is -2.89. The predicted molar refractivity (Wildman–Crippen MR) is 92.3 cm³/mol. The highest BCUT2D eigenvalue weighted by molar-refractivity contribution is 5.91. The molecule has 2 N–H and O–H groups in total. The third-order valence-electron chi connectivity index (χ3n) is 3.67. The van der Waals surface area contributed by atoms with Gasteiger partial charge < -0.3 is 15.2 Å². The highest BCUT2D eigenvalue weighted by Crippen LogP contribution is 2.19. The zero-order valence-electron chi connectivity index (χ0n) is 13.9. The van der Waals surface area contributed by atoms with Crippen LogP contribution in [0.1, 0.15) is 31.2 Å². The Morgan fingerprint density at radius 3 is 2.60 bits per heavy atom. The average Bonchev–Trinajstić information content (AvgIpc) is 2.59. The lowest BCUT2D eigenvalue weighted by atomic mass is 10.0. The van der Waals surface area contributed by atoms with Gasteiger partial charge in [-0.1, -0.05) is 12.1 Å². The van der Waals surface area contributed by atoms with Gasteiger partial charge in [-0.05, 0) is 55.3 Å². The molecule has 0 aliphatic carbocycles. The van der Waals surface area contributed by atoms with Crippen LogP contribution in [0.15, 0.2) is 48.5 Å². The molecule has 0 aromatic heterocycles. The molecule has 0 saturated carbocycles. The van der Waals surface area contributed by atoms with E-state index in [9.17, 15) is 14.0 Å². The lowest BCUT2D eigenvalue weighted by molar-refractivity contribution is -0.138. The molecule has 6 heteroatoms. The summed E-state index contributed by atoms with van der Waals surface area (Å²) in [7, 11) is 0. The topological polar surface area (TPSA) is 75.6 Å². The molecular weight excluding hydrogens is 325 g/mol. The maximum atomic E-state index is 12.8. The first kappa shape index (κ1) is 18.4. The van der Waals surface area contributed by atoms with Gasteiger partial charge in [-0.3, -0.25) is 9.59 Å². The smallest absolute Gasteiger partial charge is 0.310 e. The second-order valence-electron chi connectivity index (χ2n) is 5.64. The lowest BCUT2D eigenvalue weighted by Crippen LogP contribution is -2.13. The van der Waals surface area contributed by atoms with E-state index in [1.165, 1.54) is 24.3 Å². The normalized spacial score (nSPS) is 11.6. The van der Waals surface area contributed by atoms with Crippen molar-refractivity contribution in [3.63, 3.8) is 0 Å². The summed E-state index contributed by atoms with van der Waals surface area (Å²) >= 11 is 0. The molecule has 0 aliphatic rings. The van der Waals surface area contributed by atoms with Gasteiger partial charge in [0.15, 0.2) is 0 Å². The van der Waals surface area contributed by atoms with E-state index in [-0.39, 0.29) is 18.1 Å². The Bertz CT molecular complexity index is 730. The van der Waals surface area contributed by atoms with Crippen LogP contribution in [-0.2, 0) is 9.59 Å². The standard InChI is InChI=1S/C19H20FNO4/c1-13(19(23)24)14-4-2-5-16(12-14)21-18(22)6-3-11-25-17-9-7-15(20)8-10-17/h2,4-5,7-10,12-13H,3,6,11H2,1H3,(H,21,22)(H,23,24). The molecule has 0 radical (unpaired) electrons. The number of ether oxygens (including phenoxy) is 1. The van der Waals surface area contributed by atoms with Crippen molar-refractivity contribution in [1.29, 1.82) is 0 Å². The summed E-state index contributed by atoms with van der Waals surface area (Å²) in [5, 5.41) is 11.8. The minimum atomic E-state index is -0.915. The molecule has 25 heavy (non-hydrogen) atoms. The van der Waals surface area contributed by atoms with Crippen molar-refractivity contribution >= 4 is 17.6 Å². The third-order valence-corrected chi connectivity index (χ3v) is 3.67. The van der Waals surface area contributed by atoms with Gasteiger partial charge in [0.05, 0.1) is 12.5 Å². The van der Waals surface area contributed by atoms with Gasteiger partial charge in [0.2, 0.25) is 5.91 Å². The molecule has 0 heterocycles. The van der Waals surface area contributed by atoms with Crippen molar-refractivity contribution < 1.29 is 23.8 Å². The van der Waals surface area contributed by atoms with Gasteiger partial charge in [0, 0.05) is 12.1 Å². The molecule has 5 nitrogen and oxygen atoms in total. The number of carboxylic acid groups (broad SMARTS) is 1. The van der Waals surface area contributed by atoms with E-state index >= 15 is 0 Å². The van der Waals surface area contributed by atoms with Crippen molar-refractivity contribution in [1.82, 2.24) is 0 Å². The maximum Gasteiger partial charge on any atom is 0.310 e. The number of benzene rings is 2. The Kier molecular flexibility index (Phi) is 6.51. The molecular formula is C19H20FNO4. The average molecular weight is 345 g/mol. The van der Waals surface area contributed by atoms with E-state index < -0.39 is 11.9 Å². The summed E-state index contributed by atoms with van der Waals surface area (Å²) in [5.41, 5.74) is 1.19. The number of hydrogen-bond acceptors (Lipinski definition) is 3. The fourth-order valence-corrected chi connectivity index (χ4v) is 2.21. The molecule has 2 aromatic rings. The van der Waals surface area contributed by atoms with Crippen molar-refractivity contribution in [2.24, 2.45) is 0 Å². The monoisotopic (exact) mass is 345 g/mol. The number of anilines is 1. The number of nitrogens with one attached hydrogen (secondary N) is 1. The fourth-order valence-electron chi connectivity index (χ4n) is 2.21. The number of rotatable bonds is 8. The Morgan fingerprint density at radius 2 is 1.92 bits per heavy atom. The van der Waals surface area contributed by atoms with Crippen LogP contribution in [0, 0.1) is 5.82 Å². The minimum absolute atomic E-state index is 0.178. The van der Waals surface area contributed by atoms with Gasteiger partial charge in [-0.2, -0.15) is 0 Å². The Balaban J connectivity index is 1.77. The molecule has 2 rings (SSSR count). The minimum Gasteiger partial charge on any atom is -0.494 e. The largest absolute Gasteiger partial charge is 0.494 e. The number of carboxylic acids is 1. The molecule has 0 bridgehead atoms. The van der Waals surface area contributed by atoms with Crippen LogP contribution in [0.3, 0.4) is 0 Å². The van der Waals surface area contributed by atoms with Gasteiger partial charge in [0.25, 0.3) is 0 Å². The van der Waals surface area contributed by atoms with Crippen LogP contribution in [0.2, 0.25) is 0 Å². The zero-order chi connectivity index (χ0) is 18.2. The quantitative estimate of drug-likeness (QED) is 0.713. The van der Waals surface area contributed by atoms with Crippen molar-refractivity contribution in [2.45, 2.75) is 25.7 Å². The van der Waals surface area contributed by atoms with Crippen LogP contribution in [0.25, 0.3) is 0 Å². The van der Waals surface area contributed by atoms with Crippen molar-refractivity contribution in [3.8, 4) is 5.75 Å². The van der Waals surface area contributed by atoms with Gasteiger partial charge >= 0.3 is 5.97 Å². The van der Waals surface area contributed by atoms with E-state index in [0.29, 0.717) is 30.0 Å². The van der Waals surface area contributed by atoms with Crippen LogP contribution in [-0.4, -0.2) is 23.6 Å². The number of aliphatic carboxylic acids is 1. The summed E-state index contributed by atoms with van der Waals surface area (Å²) < 4.78 is 18.2. The van der Waals surface area contributed by atoms with Crippen LogP contribution >= 0.6 is 0 Å². The summed E-state index contributed by atoms with van der Waals surface area (Å²) in [5.74, 6) is -1.51. The van der Waals surface area contributed by atoms with E-state index in [1.54, 1.807) is 31.2 Å². The number of carbonyl (C=O) groups is 2. The molecule has 1 amide bonds. The lowest BCUT2D eigenvalue weighted by Gasteiger charge is -2.10. The summed E-state index contributed by atoms with van der Waals surface area (Å²) in [6, 6.07) is 12.5. The fraction of sp³-hybridized carbons (Fsp3) is 0.263. The molecule has 2 aromatic carbocycles. The summed E-state index contributed by atoms with van der Waals surface area (Å²) in [6.07, 6.45) is 0.772. The molecule has 0 aliphatic heterocycles. The number of carbonyl (C=O) groups excluding carboxylic acids is 1. The maximum absolute atomic E-state index is 12.8. The van der Waals surface area contributed by atoms with E-state index in [1.807, 2.05) is 0 Å². The summed E-state index contributed by atoms with van der Waals surface area (Å²) in [6.45, 7) is 1.94. The Labute approximate surface area is 145 Å². The highest BCUT2D eigenvalue weighted by Gasteiger charge is 2.14. The molecule has 0 spiro atoms. The number of halogens is 1. The second kappa shape index (κ2) is 8.82. The SMILES string of the molecule is CC(C(=O)O)c1cccc(NC(=O)CCCOc2ccc(F)cc2)c1. The van der Waals surface area contributed by atoms with Crippen LogP contribution < -0.4 is 10.1 Å². The molecule has 1 atom stereocenters. The molecule has 0 saturated heterocycles. The first-order valence-corrected chi connectivity index (χ1v) is 7.96. The third kappa shape index (κ3) is 5.91. The first-order valence-electron chi connectivity index (χ1n) is 7.96. The summed E-state index contributed by atoms with van der Waals surface area (Å²) in [4.78, 5) is 23.0. The first-order chi connectivity index (χ1) is 12.0. The van der Waals surface area contributed by atoms with E-state index in [0.717, 1.165) is 0 Å². The van der Waals surface area contributed by atoms with Crippen LogP contribution in [0.5, 0.6) is 5.75 Å². The van der Waals surface area contributed by atoms with Crippen molar-refractivity contribution in [2.75, 3.05) is 11.9 Å². The van der Waals surface area contributed by atoms with Gasteiger partial charge in [-0.25, -0.2) is 4.39 Å². The van der Waals surface area contributed by atoms with E-state index in [2.05, 4.69) is 5.32 Å². The molecule has 1 unspecified atom stereocenters. The van der Waals surface area contributed by atoms with Gasteiger partial charge in [-0.15, -0.1) is 0 Å². The molecule has 132 valence electrons. The van der Waals surface area contributed by atoms with Crippen LogP contribution in [0.4, 0.5) is 10.1 Å². The van der Waals surface area contributed by atoms with E-state index in [4.69, 9.17) is 9.84 Å². The number of hydrogen-bond donors (Lipinski definition) is 2. The number of amides is 1. The Morgan fingerprint density at radius 1 is 1.20 bits per heavy atom. The zero-order valence-corrected chi connectivity index (χ0v) is 13.9. The second-order valence-corrected chi connectivity index (χ2v) is 5.64. The van der Waals surface area contributed by atoms with Crippen molar-refractivity contribution in [3.05, 3.63) is 59.9 Å². The predicted octanol–water partition coefficient (Wildman–Crippen LogP) is 3.81. The highest BCUT2D eigenvalue weighted by atomic mass is 19.1. The molecule has 0 fully saturated rings.